The minimum atomic E-state index is -1.01. The molecular weight excluding hydrogens is 258 g/mol. The summed E-state index contributed by atoms with van der Waals surface area (Å²) in [6, 6.07) is 0.492. The zero-order chi connectivity index (χ0) is 15.4. The van der Waals surface area contributed by atoms with E-state index in [0.29, 0.717) is 6.42 Å². The van der Waals surface area contributed by atoms with Gasteiger partial charge in [-0.25, -0.2) is 4.79 Å². The molecule has 1 aromatic rings. The summed E-state index contributed by atoms with van der Waals surface area (Å²) in [5, 5.41) is 16.0. The van der Waals surface area contributed by atoms with E-state index in [2.05, 4.69) is 10.4 Å². The lowest BCUT2D eigenvalue weighted by atomic mass is 10.0. The Morgan fingerprint density at radius 1 is 1.35 bits per heavy atom. The Labute approximate surface area is 119 Å². The molecule has 0 aliphatic heterocycles. The molecule has 1 rings (SSSR count). The number of nitrogens with zero attached hydrogens (tertiary/aromatic N) is 2. The lowest BCUT2D eigenvalue weighted by Crippen LogP contribution is -2.44. The lowest BCUT2D eigenvalue weighted by Gasteiger charge is -2.20. The van der Waals surface area contributed by atoms with E-state index in [1.165, 1.54) is 0 Å². The highest BCUT2D eigenvalue weighted by atomic mass is 16.4. The Bertz CT molecular complexity index is 494. The third-order valence-electron chi connectivity index (χ3n) is 3.11. The molecular formula is C14H23N3O3. The molecule has 0 saturated heterocycles. The van der Waals surface area contributed by atoms with Crippen molar-refractivity contribution < 1.29 is 14.7 Å². The van der Waals surface area contributed by atoms with Gasteiger partial charge in [-0.05, 0) is 39.2 Å². The van der Waals surface area contributed by atoms with Gasteiger partial charge in [-0.2, -0.15) is 5.10 Å². The Morgan fingerprint density at radius 3 is 2.35 bits per heavy atom. The predicted molar refractivity (Wildman–Crippen MR) is 75.4 cm³/mol. The molecule has 0 radical (unpaired) electrons. The van der Waals surface area contributed by atoms with Crippen LogP contribution in [-0.4, -0.2) is 32.8 Å². The van der Waals surface area contributed by atoms with Gasteiger partial charge in [0.1, 0.15) is 12.1 Å². The van der Waals surface area contributed by atoms with E-state index in [1.807, 2.05) is 33.8 Å². The second-order valence-electron chi connectivity index (χ2n) is 5.58. The molecule has 2 N–H and O–H groups in total. The summed E-state index contributed by atoms with van der Waals surface area (Å²) in [6.45, 7) is 9.28. The maximum Gasteiger partial charge on any atom is 0.326 e. The number of aliphatic carboxylic acids is 1. The number of hydrogen-bond donors (Lipinski definition) is 2. The Kier molecular flexibility index (Phi) is 5.30. The maximum atomic E-state index is 12.2. The predicted octanol–water partition coefficient (Wildman–Crippen LogP) is 1.68. The summed E-state index contributed by atoms with van der Waals surface area (Å²) < 4.78 is 1.61. The van der Waals surface area contributed by atoms with Gasteiger partial charge in [0.25, 0.3) is 0 Å². The van der Waals surface area contributed by atoms with Crippen LogP contribution >= 0.6 is 0 Å². The number of aryl methyl sites for hydroxylation is 2. The molecule has 6 nitrogen and oxygen atoms in total. The largest absolute Gasteiger partial charge is 0.480 e. The summed E-state index contributed by atoms with van der Waals surface area (Å²) in [5.41, 5.74) is 1.71. The smallest absolute Gasteiger partial charge is 0.326 e. The molecule has 0 saturated carbocycles. The molecule has 1 heterocycles. The molecule has 1 amide bonds. The number of rotatable bonds is 6. The van der Waals surface area contributed by atoms with Crippen LogP contribution in [0.3, 0.4) is 0 Å². The van der Waals surface area contributed by atoms with Crippen molar-refractivity contribution in [3.63, 3.8) is 0 Å². The van der Waals surface area contributed by atoms with Gasteiger partial charge < -0.3 is 10.4 Å². The molecule has 112 valence electrons. The normalized spacial score (nSPS) is 14.1. The summed E-state index contributed by atoms with van der Waals surface area (Å²) in [7, 11) is 0. The van der Waals surface area contributed by atoms with Crippen LogP contribution in [0, 0.1) is 19.8 Å². The van der Waals surface area contributed by atoms with E-state index < -0.39 is 18.1 Å². The highest BCUT2D eigenvalue weighted by Gasteiger charge is 2.25. The molecule has 0 aliphatic carbocycles. The molecule has 0 bridgehead atoms. The fourth-order valence-electron chi connectivity index (χ4n) is 2.13. The summed E-state index contributed by atoms with van der Waals surface area (Å²) >= 11 is 0. The average molecular weight is 281 g/mol. The van der Waals surface area contributed by atoms with E-state index in [-0.39, 0.29) is 11.8 Å². The van der Waals surface area contributed by atoms with Crippen LogP contribution in [0.1, 0.15) is 44.6 Å². The molecule has 0 aromatic carbocycles. The molecule has 1 aromatic heterocycles. The third-order valence-corrected chi connectivity index (χ3v) is 3.11. The number of carboxylic acids is 1. The first-order chi connectivity index (χ1) is 9.22. The Hall–Kier alpha value is -1.85. The first-order valence-corrected chi connectivity index (χ1v) is 6.78. The van der Waals surface area contributed by atoms with Gasteiger partial charge in [0, 0.05) is 5.69 Å². The van der Waals surface area contributed by atoms with Gasteiger partial charge in [-0.15, -0.1) is 0 Å². The Morgan fingerprint density at radius 2 is 1.95 bits per heavy atom. The van der Waals surface area contributed by atoms with E-state index in [0.717, 1.165) is 11.4 Å². The number of nitrogens with one attached hydrogen (secondary N) is 1. The first-order valence-electron chi connectivity index (χ1n) is 6.78. The zero-order valence-electron chi connectivity index (χ0n) is 12.7. The fourth-order valence-corrected chi connectivity index (χ4v) is 2.13. The molecule has 6 heteroatoms. The number of hydrogen-bond acceptors (Lipinski definition) is 3. The van der Waals surface area contributed by atoms with E-state index in [9.17, 15) is 9.59 Å². The van der Waals surface area contributed by atoms with Gasteiger partial charge in [0.05, 0.1) is 5.69 Å². The second kappa shape index (κ2) is 6.54. The van der Waals surface area contributed by atoms with Crippen molar-refractivity contribution in [2.24, 2.45) is 5.92 Å². The van der Waals surface area contributed by atoms with Gasteiger partial charge in [0.2, 0.25) is 5.91 Å². The van der Waals surface area contributed by atoms with Crippen molar-refractivity contribution in [3.05, 3.63) is 17.5 Å². The summed E-state index contributed by atoms with van der Waals surface area (Å²) in [4.78, 5) is 23.3. The molecule has 20 heavy (non-hydrogen) atoms. The highest BCUT2D eigenvalue weighted by Crippen LogP contribution is 2.12. The molecule has 0 unspecified atom stereocenters. The van der Waals surface area contributed by atoms with E-state index in [4.69, 9.17) is 5.11 Å². The van der Waals surface area contributed by atoms with Crippen LogP contribution in [-0.2, 0) is 9.59 Å². The molecule has 0 spiro atoms. The highest BCUT2D eigenvalue weighted by molar-refractivity contribution is 5.85. The molecule has 2 atom stereocenters. The standard InChI is InChI=1S/C14H23N3O3/c1-8(2)6-12(14(19)20)15-13(18)11(5)17-10(4)7-9(3)16-17/h7-8,11-12H,6H2,1-5H3,(H,15,18)(H,19,20)/t11-,12+/m1/s1. The van der Waals surface area contributed by atoms with Crippen LogP contribution in [0.15, 0.2) is 6.07 Å². The number of carboxylic acid groups (broad SMARTS) is 1. The monoisotopic (exact) mass is 281 g/mol. The minimum absolute atomic E-state index is 0.195. The summed E-state index contributed by atoms with van der Waals surface area (Å²) in [6.07, 6.45) is 0.408. The second-order valence-corrected chi connectivity index (χ2v) is 5.58. The van der Waals surface area contributed by atoms with Crippen LogP contribution in [0.25, 0.3) is 0 Å². The molecule has 0 aliphatic rings. The van der Waals surface area contributed by atoms with Crippen LogP contribution in [0.5, 0.6) is 0 Å². The van der Waals surface area contributed by atoms with Crippen molar-refractivity contribution in [2.75, 3.05) is 0 Å². The number of amides is 1. The first kappa shape index (κ1) is 16.2. The van der Waals surface area contributed by atoms with Gasteiger partial charge in [-0.1, -0.05) is 13.8 Å². The maximum absolute atomic E-state index is 12.2. The minimum Gasteiger partial charge on any atom is -0.480 e. The van der Waals surface area contributed by atoms with Crippen LogP contribution < -0.4 is 5.32 Å². The van der Waals surface area contributed by atoms with Gasteiger partial charge >= 0.3 is 5.97 Å². The van der Waals surface area contributed by atoms with E-state index >= 15 is 0 Å². The lowest BCUT2D eigenvalue weighted by molar-refractivity contribution is -0.142. The van der Waals surface area contributed by atoms with Gasteiger partial charge in [0.15, 0.2) is 0 Å². The number of carbonyl (C=O) groups is 2. The van der Waals surface area contributed by atoms with Crippen molar-refractivity contribution >= 4 is 11.9 Å². The quantitative estimate of drug-likeness (QED) is 0.831. The fraction of sp³-hybridized carbons (Fsp3) is 0.643. The number of aromatic nitrogens is 2. The summed E-state index contributed by atoms with van der Waals surface area (Å²) in [5.74, 6) is -1.14. The van der Waals surface area contributed by atoms with Crippen molar-refractivity contribution in [3.8, 4) is 0 Å². The van der Waals surface area contributed by atoms with E-state index in [1.54, 1.807) is 11.6 Å². The third kappa shape index (κ3) is 4.08. The van der Waals surface area contributed by atoms with Crippen molar-refractivity contribution in [2.45, 2.75) is 53.1 Å². The van der Waals surface area contributed by atoms with Crippen LogP contribution in [0.4, 0.5) is 0 Å². The topological polar surface area (TPSA) is 84.2 Å². The van der Waals surface area contributed by atoms with Crippen molar-refractivity contribution in [1.82, 2.24) is 15.1 Å². The average Bonchev–Trinajstić information content (AvgIpc) is 2.65. The number of carbonyl (C=O) groups excluding carboxylic acids is 1. The Balaban J connectivity index is 2.78. The SMILES string of the molecule is Cc1cc(C)n([C@H](C)C(=O)N[C@@H](CC(C)C)C(=O)O)n1. The van der Waals surface area contributed by atoms with Crippen molar-refractivity contribution in [1.29, 1.82) is 0 Å². The van der Waals surface area contributed by atoms with Gasteiger partial charge in [-0.3, -0.25) is 9.48 Å². The zero-order valence-corrected chi connectivity index (χ0v) is 12.7. The molecule has 0 fully saturated rings. The van der Waals surface area contributed by atoms with Crippen LogP contribution in [0.2, 0.25) is 0 Å².